The summed E-state index contributed by atoms with van der Waals surface area (Å²) in [4.78, 5) is 11.6. The lowest BCUT2D eigenvalue weighted by molar-refractivity contribution is 0.112. The van der Waals surface area contributed by atoms with Gasteiger partial charge in [-0.1, -0.05) is 0 Å². The van der Waals surface area contributed by atoms with E-state index in [2.05, 4.69) is 22.6 Å². The normalized spacial score (nSPS) is 10.2. The van der Waals surface area contributed by atoms with Crippen LogP contribution in [0.5, 0.6) is 0 Å². The molecule has 13 heavy (non-hydrogen) atoms. The highest BCUT2D eigenvalue weighted by Gasteiger charge is 2.09. The molecule has 0 amide bonds. The Balaban J connectivity index is 2.51. The van der Waals surface area contributed by atoms with Crippen LogP contribution < -0.4 is 0 Å². The van der Waals surface area contributed by atoms with Gasteiger partial charge in [-0.25, -0.2) is 0 Å². The zero-order valence-electron chi connectivity index (χ0n) is 6.49. The fraction of sp³-hybridized carbons (Fsp3) is 0. The molecule has 0 saturated carbocycles. The first-order chi connectivity index (χ1) is 6.31. The molecule has 0 unspecified atom stereocenters. The van der Waals surface area contributed by atoms with Crippen molar-refractivity contribution in [3.05, 3.63) is 32.9 Å². The molecule has 0 aromatic carbocycles. The van der Waals surface area contributed by atoms with Crippen LogP contribution in [0, 0.1) is 2.88 Å². The molecule has 2 heterocycles. The number of carbonyl (C=O) groups excluding carboxylic acids is 1. The number of carbonyl (C=O) groups is 1. The van der Waals surface area contributed by atoms with Gasteiger partial charge in [-0.2, -0.15) is 0 Å². The first-order valence-electron chi connectivity index (χ1n) is 3.59. The number of aldehydes is 1. The van der Waals surface area contributed by atoms with Gasteiger partial charge in [-0.15, -0.1) is 11.3 Å². The van der Waals surface area contributed by atoms with Crippen molar-refractivity contribution in [2.75, 3.05) is 0 Å². The molecule has 0 spiro atoms. The van der Waals surface area contributed by atoms with E-state index in [4.69, 9.17) is 4.42 Å². The SMILES string of the molecule is O=Cc1ccoc1-c1ccc(I)s1. The van der Waals surface area contributed by atoms with Crippen LogP contribution in [0.3, 0.4) is 0 Å². The van der Waals surface area contributed by atoms with Crippen LogP contribution in [-0.4, -0.2) is 6.29 Å². The Morgan fingerprint density at radius 2 is 2.23 bits per heavy atom. The Morgan fingerprint density at radius 3 is 2.85 bits per heavy atom. The van der Waals surface area contributed by atoms with Gasteiger partial charge >= 0.3 is 0 Å². The molecular formula is C9H5IO2S. The molecule has 2 rings (SSSR count). The topological polar surface area (TPSA) is 30.2 Å². The fourth-order valence-electron chi connectivity index (χ4n) is 1.05. The summed E-state index contributed by atoms with van der Waals surface area (Å²) in [6.45, 7) is 0. The third-order valence-corrected chi connectivity index (χ3v) is 3.51. The number of rotatable bonds is 2. The lowest BCUT2D eigenvalue weighted by Crippen LogP contribution is -1.76. The minimum Gasteiger partial charge on any atom is -0.463 e. The van der Waals surface area contributed by atoms with E-state index in [1.54, 1.807) is 17.4 Å². The zero-order valence-corrected chi connectivity index (χ0v) is 9.46. The highest BCUT2D eigenvalue weighted by Crippen LogP contribution is 2.31. The minimum absolute atomic E-state index is 0.609. The molecule has 0 bridgehead atoms. The van der Waals surface area contributed by atoms with E-state index in [1.807, 2.05) is 12.1 Å². The van der Waals surface area contributed by atoms with Gasteiger partial charge in [0.15, 0.2) is 12.0 Å². The van der Waals surface area contributed by atoms with E-state index in [1.165, 1.54) is 9.15 Å². The lowest BCUT2D eigenvalue weighted by atomic mass is 10.2. The van der Waals surface area contributed by atoms with Gasteiger partial charge in [-0.05, 0) is 40.8 Å². The molecule has 0 N–H and O–H groups in total. The second-order valence-electron chi connectivity index (χ2n) is 2.43. The predicted molar refractivity (Wildman–Crippen MR) is 60.1 cm³/mol. The van der Waals surface area contributed by atoms with E-state index in [0.29, 0.717) is 11.3 Å². The average Bonchev–Trinajstić information content (AvgIpc) is 2.71. The van der Waals surface area contributed by atoms with Gasteiger partial charge in [0.05, 0.1) is 19.6 Å². The van der Waals surface area contributed by atoms with Crippen molar-refractivity contribution in [2.45, 2.75) is 0 Å². The minimum atomic E-state index is 0.609. The number of hydrogen-bond donors (Lipinski definition) is 0. The van der Waals surface area contributed by atoms with Crippen LogP contribution in [0.25, 0.3) is 10.6 Å². The molecule has 2 aromatic heterocycles. The molecule has 2 aromatic rings. The standard InChI is InChI=1S/C9H5IO2S/c10-8-2-1-7(13-8)9-6(5-11)3-4-12-9/h1-5H. The van der Waals surface area contributed by atoms with Crippen LogP contribution in [0.1, 0.15) is 10.4 Å². The monoisotopic (exact) mass is 304 g/mol. The van der Waals surface area contributed by atoms with Crippen LogP contribution in [0.2, 0.25) is 0 Å². The Labute approximate surface area is 92.7 Å². The summed E-state index contributed by atoms with van der Waals surface area (Å²) in [5.74, 6) is 0.669. The summed E-state index contributed by atoms with van der Waals surface area (Å²) < 4.78 is 6.41. The Morgan fingerprint density at radius 1 is 1.38 bits per heavy atom. The summed E-state index contributed by atoms with van der Waals surface area (Å²) in [7, 11) is 0. The summed E-state index contributed by atoms with van der Waals surface area (Å²) >= 11 is 3.85. The molecule has 0 aliphatic carbocycles. The van der Waals surface area contributed by atoms with Crippen LogP contribution in [0.15, 0.2) is 28.9 Å². The van der Waals surface area contributed by atoms with E-state index in [-0.39, 0.29) is 0 Å². The van der Waals surface area contributed by atoms with E-state index in [9.17, 15) is 4.79 Å². The van der Waals surface area contributed by atoms with Crippen molar-refractivity contribution in [3.8, 4) is 10.6 Å². The van der Waals surface area contributed by atoms with Crippen molar-refractivity contribution < 1.29 is 9.21 Å². The summed E-state index contributed by atoms with van der Waals surface area (Å²) in [6.07, 6.45) is 2.34. The molecule has 0 fully saturated rings. The number of thiophene rings is 1. The largest absolute Gasteiger partial charge is 0.463 e. The second-order valence-corrected chi connectivity index (χ2v) is 5.40. The number of hydrogen-bond acceptors (Lipinski definition) is 3. The first kappa shape index (κ1) is 8.96. The van der Waals surface area contributed by atoms with Crippen LogP contribution >= 0.6 is 33.9 Å². The average molecular weight is 304 g/mol. The summed E-state index contributed by atoms with van der Waals surface area (Å²) in [5, 5.41) is 0. The van der Waals surface area contributed by atoms with Gasteiger partial charge in [0.25, 0.3) is 0 Å². The molecule has 66 valence electrons. The molecule has 0 atom stereocenters. The summed E-state index contributed by atoms with van der Waals surface area (Å²) in [5.41, 5.74) is 0.609. The molecule has 0 saturated heterocycles. The van der Waals surface area contributed by atoms with Crippen LogP contribution in [-0.2, 0) is 0 Å². The van der Waals surface area contributed by atoms with E-state index in [0.717, 1.165) is 11.2 Å². The van der Waals surface area contributed by atoms with E-state index < -0.39 is 0 Å². The third kappa shape index (κ3) is 1.68. The molecular weight excluding hydrogens is 299 g/mol. The molecule has 4 heteroatoms. The van der Waals surface area contributed by atoms with Gasteiger partial charge in [0.1, 0.15) is 0 Å². The summed E-state index contributed by atoms with van der Waals surface area (Å²) in [6, 6.07) is 5.63. The Bertz CT molecular complexity index is 430. The smallest absolute Gasteiger partial charge is 0.154 e. The number of halogens is 1. The van der Waals surface area contributed by atoms with Gasteiger partial charge in [0, 0.05) is 0 Å². The quantitative estimate of drug-likeness (QED) is 0.628. The van der Waals surface area contributed by atoms with Gasteiger partial charge in [0.2, 0.25) is 0 Å². The van der Waals surface area contributed by atoms with Crippen LogP contribution in [0.4, 0.5) is 0 Å². The zero-order chi connectivity index (χ0) is 9.26. The van der Waals surface area contributed by atoms with E-state index >= 15 is 0 Å². The fourth-order valence-corrected chi connectivity index (χ4v) is 2.68. The molecule has 2 nitrogen and oxygen atoms in total. The predicted octanol–water partition coefficient (Wildman–Crippen LogP) is 3.43. The van der Waals surface area contributed by atoms with Crippen molar-refractivity contribution in [3.63, 3.8) is 0 Å². The molecule has 0 aliphatic heterocycles. The third-order valence-electron chi connectivity index (χ3n) is 1.62. The Kier molecular flexibility index (Phi) is 2.50. The first-order valence-corrected chi connectivity index (χ1v) is 5.49. The Hall–Kier alpha value is -0.620. The highest BCUT2D eigenvalue weighted by atomic mass is 127. The molecule has 0 radical (unpaired) electrons. The lowest BCUT2D eigenvalue weighted by Gasteiger charge is -1.90. The van der Waals surface area contributed by atoms with Gasteiger partial charge in [-0.3, -0.25) is 4.79 Å². The molecule has 0 aliphatic rings. The maximum atomic E-state index is 10.6. The maximum absolute atomic E-state index is 10.6. The van der Waals surface area contributed by atoms with Crippen molar-refractivity contribution >= 4 is 40.2 Å². The van der Waals surface area contributed by atoms with Gasteiger partial charge < -0.3 is 4.42 Å². The maximum Gasteiger partial charge on any atom is 0.154 e. The highest BCUT2D eigenvalue weighted by molar-refractivity contribution is 14.1. The van der Waals surface area contributed by atoms with Crippen molar-refractivity contribution in [2.24, 2.45) is 0 Å². The number of furan rings is 1. The van der Waals surface area contributed by atoms with Crippen molar-refractivity contribution in [1.29, 1.82) is 0 Å². The van der Waals surface area contributed by atoms with Crippen molar-refractivity contribution in [1.82, 2.24) is 0 Å². The second kappa shape index (κ2) is 3.63.